The number of para-hydroxylation sites is 1. The highest BCUT2D eigenvalue weighted by molar-refractivity contribution is 7.89. The minimum absolute atomic E-state index is 0.0207. The molecule has 7 nitrogen and oxygen atoms in total. The number of sulfonamides is 1. The summed E-state index contributed by atoms with van der Waals surface area (Å²) in [6.07, 6.45) is 1.87. The van der Waals surface area contributed by atoms with Crippen LogP contribution >= 0.6 is 0 Å². The van der Waals surface area contributed by atoms with Crippen molar-refractivity contribution in [3.8, 4) is 0 Å². The number of benzene rings is 2. The largest absolute Gasteiger partial charge is 0.448 e. The van der Waals surface area contributed by atoms with Gasteiger partial charge in [-0.05, 0) is 25.3 Å². The maximum absolute atomic E-state index is 13.5. The molecule has 1 aliphatic rings. The lowest BCUT2D eigenvalue weighted by Gasteiger charge is -2.25. The lowest BCUT2D eigenvalue weighted by Crippen LogP contribution is -2.43. The van der Waals surface area contributed by atoms with E-state index in [0.29, 0.717) is 30.4 Å². The van der Waals surface area contributed by atoms with E-state index in [2.05, 4.69) is 4.98 Å². The molecule has 0 bridgehead atoms. The van der Waals surface area contributed by atoms with Crippen LogP contribution in [0.3, 0.4) is 0 Å². The second kappa shape index (κ2) is 9.26. The first-order chi connectivity index (χ1) is 15.4. The Morgan fingerprint density at radius 2 is 1.84 bits per heavy atom. The van der Waals surface area contributed by atoms with E-state index in [9.17, 15) is 18.0 Å². The van der Waals surface area contributed by atoms with Crippen LogP contribution in [0, 0.1) is 0 Å². The minimum atomic E-state index is -3.55. The topological polar surface area (TPSA) is 96.5 Å². The summed E-state index contributed by atoms with van der Waals surface area (Å²) in [5.74, 6) is -1.07. The minimum Gasteiger partial charge on any atom is -0.448 e. The van der Waals surface area contributed by atoms with Gasteiger partial charge in [0.25, 0.3) is 0 Å². The standard InChI is InChI=1S/C24H26N2O5S/c1-2-15-32(29,30)26-14-8-13-21(26)24(28)31-23(17-9-4-3-5-10-17)22(27)19-16-25-20-12-7-6-11-18(19)20/h3-7,9-12,16,21,23,25H,2,8,13-15H2,1H3/t21-,23-/m1/s1. The van der Waals surface area contributed by atoms with Crippen LogP contribution in [-0.2, 0) is 19.6 Å². The van der Waals surface area contributed by atoms with E-state index in [-0.39, 0.29) is 18.1 Å². The van der Waals surface area contributed by atoms with Gasteiger partial charge in [-0.15, -0.1) is 0 Å². The fraction of sp³-hybridized carbons (Fsp3) is 0.333. The Labute approximate surface area is 187 Å². The van der Waals surface area contributed by atoms with Gasteiger partial charge < -0.3 is 9.72 Å². The van der Waals surface area contributed by atoms with Gasteiger partial charge in [0.15, 0.2) is 6.10 Å². The SMILES string of the molecule is CCCS(=O)(=O)N1CCC[C@@H]1C(=O)O[C@@H](C(=O)c1c[nH]c2ccccc12)c1ccccc1. The first-order valence-electron chi connectivity index (χ1n) is 10.8. The highest BCUT2D eigenvalue weighted by Crippen LogP contribution is 2.30. The molecule has 0 amide bonds. The molecule has 168 valence electrons. The van der Waals surface area contributed by atoms with Crippen molar-refractivity contribution in [3.63, 3.8) is 0 Å². The van der Waals surface area contributed by atoms with Crippen molar-refractivity contribution in [2.75, 3.05) is 12.3 Å². The normalized spacial score (nSPS) is 18.0. The Kier molecular flexibility index (Phi) is 6.43. The predicted molar refractivity (Wildman–Crippen MR) is 122 cm³/mol. The number of Topliss-reactive ketones (excluding diaryl/α,β-unsaturated/α-hetero) is 1. The molecule has 2 heterocycles. The molecule has 0 aliphatic carbocycles. The molecule has 1 N–H and O–H groups in total. The van der Waals surface area contributed by atoms with E-state index in [1.54, 1.807) is 37.4 Å². The molecule has 1 saturated heterocycles. The van der Waals surface area contributed by atoms with Gasteiger partial charge >= 0.3 is 5.97 Å². The quantitative estimate of drug-likeness (QED) is 0.412. The summed E-state index contributed by atoms with van der Waals surface area (Å²) in [6.45, 7) is 2.07. The van der Waals surface area contributed by atoms with Crippen molar-refractivity contribution in [1.82, 2.24) is 9.29 Å². The van der Waals surface area contributed by atoms with Gasteiger partial charge in [0.1, 0.15) is 6.04 Å². The molecule has 1 aliphatic heterocycles. The van der Waals surface area contributed by atoms with Gasteiger partial charge in [0.2, 0.25) is 15.8 Å². The highest BCUT2D eigenvalue weighted by Gasteiger charge is 2.41. The summed E-state index contributed by atoms with van der Waals surface area (Å²) in [5, 5.41) is 0.738. The molecule has 1 fully saturated rings. The Morgan fingerprint density at radius 3 is 2.59 bits per heavy atom. The number of esters is 1. The Morgan fingerprint density at radius 1 is 1.12 bits per heavy atom. The van der Waals surface area contributed by atoms with Gasteiger partial charge in [-0.2, -0.15) is 4.31 Å². The van der Waals surface area contributed by atoms with Crippen molar-refractivity contribution in [2.45, 2.75) is 38.3 Å². The van der Waals surface area contributed by atoms with Gasteiger partial charge in [0.05, 0.1) is 5.75 Å². The van der Waals surface area contributed by atoms with E-state index in [1.807, 2.05) is 30.3 Å². The number of ether oxygens (including phenoxy) is 1. The Balaban J connectivity index is 1.65. The number of H-pyrrole nitrogens is 1. The molecule has 4 rings (SSSR count). The monoisotopic (exact) mass is 454 g/mol. The Hall–Kier alpha value is -2.97. The van der Waals surface area contributed by atoms with Crippen LogP contribution < -0.4 is 0 Å². The summed E-state index contributed by atoms with van der Waals surface area (Å²) in [4.78, 5) is 29.7. The van der Waals surface area contributed by atoms with Crippen molar-refractivity contribution in [3.05, 3.63) is 71.9 Å². The summed E-state index contributed by atoms with van der Waals surface area (Å²) >= 11 is 0. The van der Waals surface area contributed by atoms with Gasteiger partial charge in [-0.3, -0.25) is 9.59 Å². The Bertz CT molecular complexity index is 1220. The molecule has 8 heteroatoms. The van der Waals surface area contributed by atoms with Crippen molar-refractivity contribution in [1.29, 1.82) is 0 Å². The van der Waals surface area contributed by atoms with Crippen LogP contribution in [-0.4, -0.2) is 47.8 Å². The van der Waals surface area contributed by atoms with E-state index < -0.39 is 28.1 Å². The highest BCUT2D eigenvalue weighted by atomic mass is 32.2. The maximum Gasteiger partial charge on any atom is 0.325 e. The molecule has 0 spiro atoms. The van der Waals surface area contributed by atoms with Gasteiger partial charge in [0, 0.05) is 34.8 Å². The number of carbonyl (C=O) groups excluding carboxylic acids is 2. The number of nitrogens with one attached hydrogen (secondary N) is 1. The number of carbonyl (C=O) groups is 2. The third kappa shape index (κ3) is 4.33. The van der Waals surface area contributed by atoms with Gasteiger partial charge in [-0.25, -0.2) is 8.42 Å². The molecule has 3 aromatic rings. The van der Waals surface area contributed by atoms with E-state index >= 15 is 0 Å². The lowest BCUT2D eigenvalue weighted by molar-refractivity contribution is -0.151. The first kappa shape index (κ1) is 22.2. The van der Waals surface area contributed by atoms with E-state index in [0.717, 1.165) is 10.9 Å². The van der Waals surface area contributed by atoms with E-state index in [4.69, 9.17) is 4.74 Å². The molecular formula is C24H26N2O5S. The second-order valence-electron chi connectivity index (χ2n) is 7.92. The van der Waals surface area contributed by atoms with Crippen LogP contribution in [0.1, 0.15) is 48.2 Å². The number of aromatic nitrogens is 1. The maximum atomic E-state index is 13.5. The van der Waals surface area contributed by atoms with Gasteiger partial charge in [-0.1, -0.05) is 55.5 Å². The molecule has 2 aromatic carbocycles. The molecule has 1 aromatic heterocycles. The number of rotatable bonds is 8. The fourth-order valence-electron chi connectivity index (χ4n) is 4.20. The molecule has 2 atom stereocenters. The molecule has 0 unspecified atom stereocenters. The third-order valence-corrected chi connectivity index (χ3v) is 7.80. The van der Waals surface area contributed by atoms with Crippen LogP contribution in [0.4, 0.5) is 0 Å². The lowest BCUT2D eigenvalue weighted by atomic mass is 9.99. The number of hydrogen-bond acceptors (Lipinski definition) is 5. The van der Waals surface area contributed by atoms with Crippen LogP contribution in [0.15, 0.2) is 60.8 Å². The summed E-state index contributed by atoms with van der Waals surface area (Å²) in [7, 11) is -3.55. The van der Waals surface area contributed by atoms with Crippen LogP contribution in [0.5, 0.6) is 0 Å². The third-order valence-electron chi connectivity index (χ3n) is 5.72. The average Bonchev–Trinajstić information content (AvgIpc) is 3.45. The zero-order valence-electron chi connectivity index (χ0n) is 17.9. The number of fused-ring (bicyclic) bond motifs is 1. The number of aromatic amines is 1. The molecular weight excluding hydrogens is 428 g/mol. The summed E-state index contributed by atoms with van der Waals surface area (Å²) < 4.78 is 32.2. The zero-order valence-corrected chi connectivity index (χ0v) is 18.7. The number of hydrogen-bond donors (Lipinski definition) is 1. The molecule has 32 heavy (non-hydrogen) atoms. The summed E-state index contributed by atoms with van der Waals surface area (Å²) in [5.41, 5.74) is 1.77. The summed E-state index contributed by atoms with van der Waals surface area (Å²) in [6, 6.07) is 15.3. The fourth-order valence-corrected chi connectivity index (χ4v) is 5.93. The van der Waals surface area contributed by atoms with Crippen LogP contribution in [0.25, 0.3) is 10.9 Å². The van der Waals surface area contributed by atoms with Crippen molar-refractivity contribution in [2.24, 2.45) is 0 Å². The first-order valence-corrected chi connectivity index (χ1v) is 12.4. The smallest absolute Gasteiger partial charge is 0.325 e. The van der Waals surface area contributed by atoms with Crippen molar-refractivity contribution < 1.29 is 22.7 Å². The molecule has 0 radical (unpaired) electrons. The van der Waals surface area contributed by atoms with Crippen molar-refractivity contribution >= 4 is 32.7 Å². The number of nitrogens with zero attached hydrogens (tertiary/aromatic N) is 1. The average molecular weight is 455 g/mol. The van der Waals surface area contributed by atoms with Crippen LogP contribution in [0.2, 0.25) is 0 Å². The zero-order chi connectivity index (χ0) is 22.7. The predicted octanol–water partition coefficient (Wildman–Crippen LogP) is 3.84. The molecule has 0 saturated carbocycles. The number of ketones is 1. The van der Waals surface area contributed by atoms with E-state index in [1.165, 1.54) is 4.31 Å². The second-order valence-corrected chi connectivity index (χ2v) is 9.97.